The molecule has 1 N–H and O–H groups in total. The van der Waals surface area contributed by atoms with E-state index in [0.29, 0.717) is 6.61 Å². The summed E-state index contributed by atoms with van der Waals surface area (Å²) in [4.78, 5) is 4.11. The number of ether oxygens (including phenoxy) is 1. The van der Waals surface area contributed by atoms with E-state index >= 15 is 0 Å². The lowest BCUT2D eigenvalue weighted by molar-refractivity contribution is 0.162. The Morgan fingerprint density at radius 1 is 1.11 bits per heavy atom. The van der Waals surface area contributed by atoms with Crippen LogP contribution < -0.4 is 4.74 Å². The van der Waals surface area contributed by atoms with Crippen LogP contribution in [0.25, 0.3) is 0 Å². The molecule has 1 aromatic heterocycles. The van der Waals surface area contributed by atoms with E-state index in [9.17, 15) is 5.11 Å². The van der Waals surface area contributed by atoms with Gasteiger partial charge in [-0.25, -0.2) is 0 Å². The summed E-state index contributed by atoms with van der Waals surface area (Å²) < 4.78 is 5.39. The molecule has 0 bridgehead atoms. The number of aliphatic hydroxyl groups is 1. The Labute approximate surface area is 117 Å². The summed E-state index contributed by atoms with van der Waals surface area (Å²) in [6.45, 7) is 4.79. The molecule has 108 valence electrons. The van der Waals surface area contributed by atoms with E-state index in [1.807, 2.05) is 13.0 Å². The highest BCUT2D eigenvalue weighted by Gasteiger charge is 2.08. The van der Waals surface area contributed by atoms with Gasteiger partial charge in [-0.1, -0.05) is 45.4 Å². The van der Waals surface area contributed by atoms with Crippen LogP contribution in [0.1, 0.15) is 70.5 Å². The third-order valence-corrected chi connectivity index (χ3v) is 3.26. The Bertz CT molecular complexity index is 341. The van der Waals surface area contributed by atoms with Crippen LogP contribution in [-0.2, 0) is 0 Å². The first kappa shape index (κ1) is 16.0. The molecule has 0 spiro atoms. The second-order valence-electron chi connectivity index (χ2n) is 4.96. The van der Waals surface area contributed by atoms with Crippen LogP contribution in [0.5, 0.6) is 5.75 Å². The molecule has 3 heteroatoms. The largest absolute Gasteiger partial charge is 0.492 e. The number of rotatable bonds is 10. The van der Waals surface area contributed by atoms with E-state index in [-0.39, 0.29) is 0 Å². The van der Waals surface area contributed by atoms with Gasteiger partial charge in [-0.2, -0.15) is 0 Å². The highest BCUT2D eigenvalue weighted by Crippen LogP contribution is 2.22. The van der Waals surface area contributed by atoms with Crippen LogP contribution in [0.4, 0.5) is 0 Å². The third kappa shape index (κ3) is 6.58. The van der Waals surface area contributed by atoms with E-state index in [1.54, 1.807) is 12.4 Å². The van der Waals surface area contributed by atoms with Crippen molar-refractivity contribution in [3.05, 3.63) is 24.0 Å². The summed E-state index contributed by atoms with van der Waals surface area (Å²) in [5, 5.41) is 10.1. The highest BCUT2D eigenvalue weighted by atomic mass is 16.5. The van der Waals surface area contributed by atoms with Crippen LogP contribution in [0.2, 0.25) is 0 Å². The van der Waals surface area contributed by atoms with E-state index in [2.05, 4.69) is 11.9 Å². The molecule has 1 rings (SSSR count). The van der Waals surface area contributed by atoms with Crippen LogP contribution in [0, 0.1) is 0 Å². The van der Waals surface area contributed by atoms with Gasteiger partial charge in [0.25, 0.3) is 0 Å². The quantitative estimate of drug-likeness (QED) is 0.643. The van der Waals surface area contributed by atoms with Gasteiger partial charge >= 0.3 is 0 Å². The Kier molecular flexibility index (Phi) is 8.23. The third-order valence-electron chi connectivity index (χ3n) is 3.26. The van der Waals surface area contributed by atoms with Crippen LogP contribution in [0.3, 0.4) is 0 Å². The van der Waals surface area contributed by atoms with Crippen molar-refractivity contribution >= 4 is 0 Å². The molecule has 0 fully saturated rings. The van der Waals surface area contributed by atoms with Crippen molar-refractivity contribution in [2.24, 2.45) is 0 Å². The van der Waals surface area contributed by atoms with Gasteiger partial charge < -0.3 is 9.84 Å². The normalized spacial score (nSPS) is 12.4. The summed E-state index contributed by atoms with van der Waals surface area (Å²) in [5.74, 6) is 0.738. The fraction of sp³-hybridized carbons (Fsp3) is 0.688. The fourth-order valence-electron chi connectivity index (χ4n) is 2.15. The predicted molar refractivity (Wildman–Crippen MR) is 78.4 cm³/mol. The number of hydrogen-bond donors (Lipinski definition) is 1. The molecule has 0 aliphatic carbocycles. The first-order valence-corrected chi connectivity index (χ1v) is 7.53. The Morgan fingerprint density at radius 2 is 1.84 bits per heavy atom. The van der Waals surface area contributed by atoms with Gasteiger partial charge in [0.15, 0.2) is 0 Å². The number of nitrogens with zero attached hydrogens (tertiary/aromatic N) is 1. The summed E-state index contributed by atoms with van der Waals surface area (Å²) in [6, 6.07) is 1.89. The molecule has 1 aromatic rings. The van der Waals surface area contributed by atoms with Crippen molar-refractivity contribution in [2.45, 2.75) is 64.9 Å². The molecule has 0 saturated carbocycles. The molecule has 19 heavy (non-hydrogen) atoms. The lowest BCUT2D eigenvalue weighted by Crippen LogP contribution is -2.00. The molecule has 1 atom stereocenters. The van der Waals surface area contributed by atoms with E-state index in [0.717, 1.165) is 24.2 Å². The monoisotopic (exact) mass is 265 g/mol. The first-order valence-electron chi connectivity index (χ1n) is 7.53. The number of aliphatic hydroxyl groups excluding tert-OH is 1. The first-order chi connectivity index (χ1) is 9.27. The minimum Gasteiger partial charge on any atom is -0.492 e. The van der Waals surface area contributed by atoms with Gasteiger partial charge in [0.1, 0.15) is 5.75 Å². The molecule has 3 nitrogen and oxygen atoms in total. The summed E-state index contributed by atoms with van der Waals surface area (Å²) in [7, 11) is 0. The van der Waals surface area contributed by atoms with Crippen molar-refractivity contribution in [1.82, 2.24) is 4.98 Å². The number of hydrogen-bond acceptors (Lipinski definition) is 3. The van der Waals surface area contributed by atoms with Gasteiger partial charge in [0, 0.05) is 11.8 Å². The maximum Gasteiger partial charge on any atom is 0.137 e. The maximum atomic E-state index is 10.1. The van der Waals surface area contributed by atoms with Crippen molar-refractivity contribution < 1.29 is 9.84 Å². The summed E-state index contributed by atoms with van der Waals surface area (Å²) in [6.07, 6.45) is 11.3. The average Bonchev–Trinajstić information content (AvgIpc) is 2.43. The second-order valence-corrected chi connectivity index (χ2v) is 4.96. The molecule has 0 aliphatic rings. The van der Waals surface area contributed by atoms with Crippen LogP contribution >= 0.6 is 0 Å². The lowest BCUT2D eigenvalue weighted by atomic mass is 10.0. The second kappa shape index (κ2) is 9.79. The van der Waals surface area contributed by atoms with E-state index in [4.69, 9.17) is 4.74 Å². The minimum atomic E-state index is -0.418. The lowest BCUT2D eigenvalue weighted by Gasteiger charge is -2.12. The van der Waals surface area contributed by atoms with Crippen LogP contribution in [-0.4, -0.2) is 16.7 Å². The Balaban J connectivity index is 2.28. The van der Waals surface area contributed by atoms with E-state index in [1.165, 1.54) is 32.1 Å². The zero-order chi connectivity index (χ0) is 13.9. The molecule has 0 radical (unpaired) electrons. The standard InChI is InChI=1S/C16H27NO2/c1-3-5-6-7-8-9-10-16(18)14-11-15(19-4-2)13-17-12-14/h11-13,16,18H,3-10H2,1-2H3. The molecule has 1 heterocycles. The van der Waals surface area contributed by atoms with Crippen LogP contribution in [0.15, 0.2) is 18.5 Å². The van der Waals surface area contributed by atoms with Crippen molar-refractivity contribution in [3.8, 4) is 5.75 Å². The molecule has 1 unspecified atom stereocenters. The molecule has 0 aromatic carbocycles. The highest BCUT2D eigenvalue weighted by molar-refractivity contribution is 5.25. The topological polar surface area (TPSA) is 42.4 Å². The number of aromatic nitrogens is 1. The van der Waals surface area contributed by atoms with Crippen molar-refractivity contribution in [1.29, 1.82) is 0 Å². The molecular weight excluding hydrogens is 238 g/mol. The van der Waals surface area contributed by atoms with Gasteiger partial charge in [-0.05, 0) is 19.4 Å². The smallest absolute Gasteiger partial charge is 0.137 e. The van der Waals surface area contributed by atoms with Gasteiger partial charge in [-0.3, -0.25) is 4.98 Å². The molecule has 0 amide bonds. The van der Waals surface area contributed by atoms with Gasteiger partial charge in [0.05, 0.1) is 18.9 Å². The Hall–Kier alpha value is -1.09. The molecule has 0 aliphatic heterocycles. The molecular formula is C16H27NO2. The van der Waals surface area contributed by atoms with Gasteiger partial charge in [-0.15, -0.1) is 0 Å². The van der Waals surface area contributed by atoms with Gasteiger partial charge in [0.2, 0.25) is 0 Å². The summed E-state index contributed by atoms with van der Waals surface area (Å²) in [5.41, 5.74) is 0.861. The SMILES string of the molecule is CCCCCCCCC(O)c1cncc(OCC)c1. The number of unbranched alkanes of at least 4 members (excludes halogenated alkanes) is 5. The maximum absolute atomic E-state index is 10.1. The molecule has 0 saturated heterocycles. The van der Waals surface area contributed by atoms with Crippen molar-refractivity contribution in [3.63, 3.8) is 0 Å². The number of pyridine rings is 1. The fourth-order valence-corrected chi connectivity index (χ4v) is 2.15. The average molecular weight is 265 g/mol. The Morgan fingerprint density at radius 3 is 2.58 bits per heavy atom. The zero-order valence-electron chi connectivity index (χ0n) is 12.3. The minimum absolute atomic E-state index is 0.418. The summed E-state index contributed by atoms with van der Waals surface area (Å²) >= 11 is 0. The predicted octanol–water partition coefficient (Wildman–Crippen LogP) is 4.26. The van der Waals surface area contributed by atoms with Crippen molar-refractivity contribution in [2.75, 3.05) is 6.61 Å². The zero-order valence-corrected chi connectivity index (χ0v) is 12.3. The van der Waals surface area contributed by atoms with E-state index < -0.39 is 6.10 Å².